The number of aliphatic imine (C=N–C) groups is 1. The number of hydrogen-bond acceptors (Lipinski definition) is 4. The van der Waals surface area contributed by atoms with Crippen molar-refractivity contribution in [2.75, 3.05) is 0 Å². The smallest absolute Gasteiger partial charge is 0.338 e. The molecule has 114 valence electrons. The molecule has 0 aromatic carbocycles. The van der Waals surface area contributed by atoms with E-state index in [0.717, 1.165) is 0 Å². The summed E-state index contributed by atoms with van der Waals surface area (Å²) < 4.78 is 0. The molecule has 2 N–H and O–H groups in total. The number of carbonyl (C=O) groups excluding carboxylic acids is 1. The van der Waals surface area contributed by atoms with Crippen LogP contribution >= 0.6 is 0 Å². The van der Waals surface area contributed by atoms with Gasteiger partial charge >= 0.3 is 5.97 Å². The minimum absolute atomic E-state index is 0.0197. The van der Waals surface area contributed by atoms with E-state index >= 15 is 0 Å². The number of nitrogens with zero attached hydrogens (tertiary/aromatic N) is 2. The van der Waals surface area contributed by atoms with Crippen LogP contribution in [0, 0.1) is 17.8 Å². The van der Waals surface area contributed by atoms with Crippen LogP contribution in [0.4, 0.5) is 0 Å². The molecular weight excluding hydrogens is 282 g/mol. The number of carbonyl (C=O) groups is 2. The standard InChI is InChI=1S/C16H17N3O3/c1-5-6-10-7-8-11(14(20)21)12(17-10)13-18-15(22)16(4,19-13)9(2)3/h7-9H,1-4H3,(H,20,21)(H,18,19,22). The van der Waals surface area contributed by atoms with E-state index in [1.807, 2.05) is 13.8 Å². The van der Waals surface area contributed by atoms with Crippen LogP contribution in [-0.2, 0) is 4.79 Å². The van der Waals surface area contributed by atoms with Gasteiger partial charge in [-0.15, -0.1) is 0 Å². The number of pyridine rings is 1. The van der Waals surface area contributed by atoms with Gasteiger partial charge < -0.3 is 10.4 Å². The van der Waals surface area contributed by atoms with Gasteiger partial charge in [-0.3, -0.25) is 4.79 Å². The summed E-state index contributed by atoms with van der Waals surface area (Å²) in [4.78, 5) is 32.2. The molecule has 0 fully saturated rings. The van der Waals surface area contributed by atoms with Gasteiger partial charge in [-0.05, 0) is 37.8 Å². The number of carboxylic acid groups (broad SMARTS) is 1. The quantitative estimate of drug-likeness (QED) is 0.826. The molecule has 6 nitrogen and oxygen atoms in total. The number of nitrogens with one attached hydrogen (secondary N) is 1. The first-order valence-electron chi connectivity index (χ1n) is 6.88. The molecule has 1 aliphatic heterocycles. The highest BCUT2D eigenvalue weighted by atomic mass is 16.4. The molecule has 2 heterocycles. The van der Waals surface area contributed by atoms with Crippen molar-refractivity contribution < 1.29 is 14.7 Å². The molecule has 1 aliphatic rings. The summed E-state index contributed by atoms with van der Waals surface area (Å²) in [6.07, 6.45) is 0. The molecular formula is C16H17N3O3. The van der Waals surface area contributed by atoms with Crippen LogP contribution in [-0.4, -0.2) is 33.3 Å². The van der Waals surface area contributed by atoms with E-state index < -0.39 is 11.5 Å². The van der Waals surface area contributed by atoms with Crippen molar-refractivity contribution in [3.05, 3.63) is 29.1 Å². The number of rotatable bonds is 3. The second kappa shape index (κ2) is 5.60. The van der Waals surface area contributed by atoms with Gasteiger partial charge in [0.2, 0.25) is 0 Å². The fourth-order valence-corrected chi connectivity index (χ4v) is 2.06. The van der Waals surface area contributed by atoms with Crippen molar-refractivity contribution in [1.29, 1.82) is 0 Å². The third-order valence-electron chi connectivity index (χ3n) is 3.76. The van der Waals surface area contributed by atoms with E-state index in [2.05, 4.69) is 27.1 Å². The van der Waals surface area contributed by atoms with Crippen molar-refractivity contribution in [1.82, 2.24) is 10.3 Å². The van der Waals surface area contributed by atoms with Crippen LogP contribution in [0.1, 0.15) is 49.4 Å². The molecule has 22 heavy (non-hydrogen) atoms. The fraction of sp³-hybridized carbons (Fsp3) is 0.375. The second-order valence-corrected chi connectivity index (χ2v) is 5.49. The van der Waals surface area contributed by atoms with Crippen molar-refractivity contribution in [2.45, 2.75) is 33.2 Å². The minimum Gasteiger partial charge on any atom is -0.478 e. The Morgan fingerprint density at radius 2 is 2.09 bits per heavy atom. The number of aromatic carboxylic acids is 1. The highest BCUT2D eigenvalue weighted by molar-refractivity contribution is 6.17. The lowest BCUT2D eigenvalue weighted by molar-refractivity contribution is -0.124. The molecule has 0 aliphatic carbocycles. The van der Waals surface area contributed by atoms with Crippen molar-refractivity contribution in [3.63, 3.8) is 0 Å². The topological polar surface area (TPSA) is 91.6 Å². The predicted molar refractivity (Wildman–Crippen MR) is 81.7 cm³/mol. The maximum Gasteiger partial charge on any atom is 0.338 e. The molecule has 0 saturated heterocycles. The van der Waals surface area contributed by atoms with E-state index in [0.29, 0.717) is 5.69 Å². The average Bonchev–Trinajstić information content (AvgIpc) is 2.76. The maximum atomic E-state index is 12.2. The lowest BCUT2D eigenvalue weighted by atomic mass is 9.89. The van der Waals surface area contributed by atoms with Crippen molar-refractivity contribution >= 4 is 17.7 Å². The van der Waals surface area contributed by atoms with Gasteiger partial charge in [0.15, 0.2) is 5.84 Å². The average molecular weight is 299 g/mol. The van der Waals surface area contributed by atoms with E-state index in [4.69, 9.17) is 0 Å². The summed E-state index contributed by atoms with van der Waals surface area (Å²) in [5.74, 6) is 4.23. The fourth-order valence-electron chi connectivity index (χ4n) is 2.06. The van der Waals surface area contributed by atoms with E-state index in [9.17, 15) is 14.7 Å². The van der Waals surface area contributed by atoms with Crippen LogP contribution in [0.5, 0.6) is 0 Å². The molecule has 2 rings (SSSR count). The van der Waals surface area contributed by atoms with Gasteiger partial charge in [-0.1, -0.05) is 19.8 Å². The number of hydrogen-bond donors (Lipinski definition) is 2. The largest absolute Gasteiger partial charge is 0.478 e. The van der Waals surface area contributed by atoms with Gasteiger partial charge in [0.1, 0.15) is 16.9 Å². The Kier molecular flexibility index (Phi) is 4.00. The summed E-state index contributed by atoms with van der Waals surface area (Å²) in [5, 5.41) is 12.0. The first-order valence-corrected chi connectivity index (χ1v) is 6.88. The Balaban J connectivity index is 2.60. The molecule has 0 saturated carbocycles. The minimum atomic E-state index is -1.13. The third kappa shape index (κ3) is 2.58. The SMILES string of the molecule is CC#Cc1ccc(C(=O)O)c(C2=NC(C)(C(C)C)C(=O)N2)n1. The van der Waals surface area contributed by atoms with Gasteiger partial charge in [0, 0.05) is 0 Å². The number of amidine groups is 1. The predicted octanol–water partition coefficient (Wildman–Crippen LogP) is 1.44. The van der Waals surface area contributed by atoms with Crippen LogP contribution in [0.3, 0.4) is 0 Å². The summed E-state index contributed by atoms with van der Waals surface area (Å²) in [7, 11) is 0. The Hall–Kier alpha value is -2.68. The molecule has 1 unspecified atom stereocenters. The third-order valence-corrected chi connectivity index (χ3v) is 3.76. The normalized spacial score (nSPS) is 20.2. The maximum absolute atomic E-state index is 12.2. The summed E-state index contributed by atoms with van der Waals surface area (Å²) in [5.41, 5.74) is -0.393. The highest BCUT2D eigenvalue weighted by Gasteiger charge is 2.43. The Labute approximate surface area is 128 Å². The zero-order valence-corrected chi connectivity index (χ0v) is 12.9. The van der Waals surface area contributed by atoms with Crippen LogP contribution in [0.25, 0.3) is 0 Å². The second-order valence-electron chi connectivity index (χ2n) is 5.49. The van der Waals surface area contributed by atoms with E-state index in [1.54, 1.807) is 13.8 Å². The molecule has 1 atom stereocenters. The van der Waals surface area contributed by atoms with Crippen LogP contribution < -0.4 is 5.32 Å². The lowest BCUT2D eigenvalue weighted by Crippen LogP contribution is -2.41. The zero-order valence-electron chi connectivity index (χ0n) is 12.9. The molecule has 1 aromatic rings. The van der Waals surface area contributed by atoms with Crippen LogP contribution in [0.15, 0.2) is 17.1 Å². The number of aromatic nitrogens is 1. The molecule has 1 amide bonds. The summed E-state index contributed by atoms with van der Waals surface area (Å²) in [6.45, 7) is 7.15. The van der Waals surface area contributed by atoms with E-state index in [1.165, 1.54) is 12.1 Å². The Bertz CT molecular complexity index is 741. The van der Waals surface area contributed by atoms with E-state index in [-0.39, 0.29) is 28.9 Å². The highest BCUT2D eigenvalue weighted by Crippen LogP contribution is 2.27. The van der Waals surface area contributed by atoms with Gasteiger partial charge in [0.25, 0.3) is 5.91 Å². The molecule has 6 heteroatoms. The van der Waals surface area contributed by atoms with Crippen molar-refractivity contribution in [2.24, 2.45) is 10.9 Å². The zero-order chi connectivity index (χ0) is 16.5. The Morgan fingerprint density at radius 1 is 1.41 bits per heavy atom. The van der Waals surface area contributed by atoms with Gasteiger partial charge in [-0.2, -0.15) is 0 Å². The first-order chi connectivity index (χ1) is 10.3. The summed E-state index contributed by atoms with van der Waals surface area (Å²) in [6, 6.07) is 2.95. The molecule has 0 radical (unpaired) electrons. The number of amides is 1. The number of carboxylic acids is 1. The first kappa shape index (κ1) is 15.7. The monoisotopic (exact) mass is 299 g/mol. The van der Waals surface area contributed by atoms with Gasteiger partial charge in [0.05, 0.1) is 5.56 Å². The van der Waals surface area contributed by atoms with Gasteiger partial charge in [-0.25, -0.2) is 14.8 Å². The lowest BCUT2D eigenvalue weighted by Gasteiger charge is -2.21. The Morgan fingerprint density at radius 3 is 2.59 bits per heavy atom. The summed E-state index contributed by atoms with van der Waals surface area (Å²) >= 11 is 0. The van der Waals surface area contributed by atoms with Crippen LogP contribution in [0.2, 0.25) is 0 Å². The molecule has 1 aromatic heterocycles. The molecule has 0 bridgehead atoms. The molecule has 0 spiro atoms. The van der Waals surface area contributed by atoms with Crippen molar-refractivity contribution in [3.8, 4) is 11.8 Å².